The molecule has 1 aromatic rings. The van der Waals surface area contributed by atoms with Gasteiger partial charge in [0.25, 0.3) is 5.91 Å². The van der Waals surface area contributed by atoms with Gasteiger partial charge in [0.2, 0.25) is 0 Å². The van der Waals surface area contributed by atoms with Crippen molar-refractivity contribution in [2.75, 3.05) is 6.54 Å². The number of rotatable bonds is 2. The first-order chi connectivity index (χ1) is 8.43. The first kappa shape index (κ1) is 13.2. The number of amides is 1. The maximum absolute atomic E-state index is 12.3. The number of nitrogens with zero attached hydrogens (tertiary/aromatic N) is 2. The van der Waals surface area contributed by atoms with Gasteiger partial charge in [-0.1, -0.05) is 23.2 Å². The Morgan fingerprint density at radius 1 is 1.44 bits per heavy atom. The molecule has 1 aliphatic heterocycles. The summed E-state index contributed by atoms with van der Waals surface area (Å²) < 4.78 is 1.46. The quantitative estimate of drug-likeness (QED) is 0.906. The SMILES string of the molecule is Cn1c(C(=O)N2CCC[C@H]2C(=O)O)cc(Cl)c1Cl. The molecule has 18 heavy (non-hydrogen) atoms. The lowest BCUT2D eigenvalue weighted by Crippen LogP contribution is -2.41. The number of aromatic nitrogens is 1. The second-order valence-corrected chi connectivity index (χ2v) is 4.99. The maximum Gasteiger partial charge on any atom is 0.326 e. The van der Waals surface area contributed by atoms with Crippen LogP contribution in [0.3, 0.4) is 0 Å². The molecule has 1 N–H and O–H groups in total. The third kappa shape index (κ3) is 2.08. The van der Waals surface area contributed by atoms with Crippen molar-refractivity contribution in [2.24, 2.45) is 7.05 Å². The van der Waals surface area contributed by atoms with Crippen molar-refractivity contribution in [3.8, 4) is 0 Å². The van der Waals surface area contributed by atoms with E-state index in [4.69, 9.17) is 28.3 Å². The second-order valence-electron chi connectivity index (χ2n) is 4.22. The molecule has 0 saturated carbocycles. The number of carboxylic acids is 1. The molecule has 0 radical (unpaired) electrons. The Morgan fingerprint density at radius 3 is 2.61 bits per heavy atom. The fourth-order valence-electron chi connectivity index (χ4n) is 2.16. The highest BCUT2D eigenvalue weighted by molar-refractivity contribution is 6.41. The molecule has 0 aliphatic carbocycles. The van der Waals surface area contributed by atoms with Gasteiger partial charge in [0.15, 0.2) is 0 Å². The Bertz CT molecular complexity index is 513. The van der Waals surface area contributed by atoms with Crippen LogP contribution in [0.5, 0.6) is 0 Å². The van der Waals surface area contributed by atoms with E-state index >= 15 is 0 Å². The smallest absolute Gasteiger partial charge is 0.326 e. The topological polar surface area (TPSA) is 62.5 Å². The molecule has 5 nitrogen and oxygen atoms in total. The zero-order chi connectivity index (χ0) is 13.4. The lowest BCUT2D eigenvalue weighted by molar-refractivity contribution is -0.141. The Kier molecular flexibility index (Phi) is 3.54. The molecule has 1 atom stereocenters. The van der Waals surface area contributed by atoms with E-state index < -0.39 is 12.0 Å². The van der Waals surface area contributed by atoms with Gasteiger partial charge in [-0.2, -0.15) is 0 Å². The van der Waals surface area contributed by atoms with Crippen molar-refractivity contribution >= 4 is 35.1 Å². The number of likely N-dealkylation sites (tertiary alicyclic amines) is 1. The van der Waals surface area contributed by atoms with E-state index in [0.29, 0.717) is 25.1 Å². The van der Waals surface area contributed by atoms with Crippen LogP contribution < -0.4 is 0 Å². The summed E-state index contributed by atoms with van der Waals surface area (Å²) in [6.07, 6.45) is 1.17. The van der Waals surface area contributed by atoms with Crippen LogP contribution in [0.4, 0.5) is 0 Å². The molecule has 0 bridgehead atoms. The van der Waals surface area contributed by atoms with Gasteiger partial charge < -0.3 is 14.6 Å². The lowest BCUT2D eigenvalue weighted by atomic mass is 10.2. The van der Waals surface area contributed by atoms with Gasteiger partial charge >= 0.3 is 5.97 Å². The van der Waals surface area contributed by atoms with Gasteiger partial charge in [-0.15, -0.1) is 0 Å². The Labute approximate surface area is 114 Å². The molecular weight excluding hydrogens is 279 g/mol. The fraction of sp³-hybridized carbons (Fsp3) is 0.455. The Morgan fingerprint density at radius 2 is 2.11 bits per heavy atom. The molecule has 1 aromatic heterocycles. The summed E-state index contributed by atoms with van der Waals surface area (Å²) in [5, 5.41) is 9.61. The highest BCUT2D eigenvalue weighted by Crippen LogP contribution is 2.28. The van der Waals surface area contributed by atoms with E-state index in [1.807, 2.05) is 0 Å². The van der Waals surface area contributed by atoms with Crippen LogP contribution >= 0.6 is 23.2 Å². The van der Waals surface area contributed by atoms with Gasteiger partial charge in [0.05, 0.1) is 5.02 Å². The predicted molar refractivity (Wildman–Crippen MR) is 67.1 cm³/mol. The van der Waals surface area contributed by atoms with E-state index in [0.717, 1.165) is 0 Å². The first-order valence-electron chi connectivity index (χ1n) is 5.48. The average molecular weight is 291 g/mol. The normalized spacial score (nSPS) is 19.3. The molecular formula is C11H12Cl2N2O3. The molecule has 0 unspecified atom stereocenters. The summed E-state index contributed by atoms with van der Waals surface area (Å²) in [5.41, 5.74) is 0.304. The van der Waals surface area contributed by atoms with Crippen LogP contribution in [0, 0.1) is 0 Å². The molecule has 1 saturated heterocycles. The zero-order valence-corrected chi connectivity index (χ0v) is 11.2. The zero-order valence-electron chi connectivity index (χ0n) is 9.69. The minimum absolute atomic E-state index is 0.270. The standard InChI is InChI=1S/C11H12Cl2N2O3/c1-14-8(5-6(12)9(14)13)10(16)15-4-2-3-7(15)11(17)18/h5,7H,2-4H2,1H3,(H,17,18)/t7-/m0/s1. The Balaban J connectivity index is 2.31. The summed E-state index contributed by atoms with van der Waals surface area (Å²) >= 11 is 11.7. The summed E-state index contributed by atoms with van der Waals surface area (Å²) in [4.78, 5) is 24.7. The van der Waals surface area contributed by atoms with Gasteiger partial charge in [0.1, 0.15) is 16.9 Å². The molecule has 0 aromatic carbocycles. The minimum atomic E-state index is -0.979. The van der Waals surface area contributed by atoms with Gasteiger partial charge in [-0.25, -0.2) is 4.79 Å². The van der Waals surface area contributed by atoms with Crippen molar-refractivity contribution < 1.29 is 14.7 Å². The average Bonchev–Trinajstić information content (AvgIpc) is 2.89. The van der Waals surface area contributed by atoms with Crippen molar-refractivity contribution in [3.63, 3.8) is 0 Å². The number of hydrogen-bond acceptors (Lipinski definition) is 2. The summed E-state index contributed by atoms with van der Waals surface area (Å²) in [7, 11) is 1.62. The molecule has 0 spiro atoms. The van der Waals surface area contributed by atoms with Crippen LogP contribution in [0.15, 0.2) is 6.07 Å². The first-order valence-corrected chi connectivity index (χ1v) is 6.23. The largest absolute Gasteiger partial charge is 0.480 e. The highest BCUT2D eigenvalue weighted by Gasteiger charge is 2.35. The molecule has 7 heteroatoms. The summed E-state index contributed by atoms with van der Waals surface area (Å²) in [6, 6.07) is 0.702. The van der Waals surface area contributed by atoms with Crippen LogP contribution in [0.1, 0.15) is 23.3 Å². The third-order valence-electron chi connectivity index (χ3n) is 3.13. The fourth-order valence-corrected chi connectivity index (χ4v) is 2.54. The molecule has 1 aliphatic rings. The molecule has 1 fully saturated rings. The Hall–Kier alpha value is -1.20. The number of carbonyl (C=O) groups excluding carboxylic acids is 1. The summed E-state index contributed by atoms with van der Waals surface area (Å²) in [5.74, 6) is -1.33. The number of halogens is 2. The van der Waals surface area contributed by atoms with Crippen LogP contribution in [0.25, 0.3) is 0 Å². The minimum Gasteiger partial charge on any atom is -0.480 e. The number of carboxylic acid groups (broad SMARTS) is 1. The van der Waals surface area contributed by atoms with E-state index in [2.05, 4.69) is 0 Å². The van der Waals surface area contributed by atoms with E-state index in [1.165, 1.54) is 15.5 Å². The second kappa shape index (κ2) is 4.82. The monoisotopic (exact) mass is 290 g/mol. The molecule has 2 heterocycles. The van der Waals surface area contributed by atoms with Gasteiger partial charge in [-0.05, 0) is 18.9 Å². The van der Waals surface area contributed by atoms with E-state index in [-0.39, 0.29) is 16.1 Å². The third-order valence-corrected chi connectivity index (χ3v) is 3.98. The van der Waals surface area contributed by atoms with Gasteiger partial charge in [-0.3, -0.25) is 4.79 Å². The van der Waals surface area contributed by atoms with Crippen molar-refractivity contribution in [2.45, 2.75) is 18.9 Å². The van der Waals surface area contributed by atoms with Crippen LogP contribution in [-0.2, 0) is 11.8 Å². The predicted octanol–water partition coefficient (Wildman–Crippen LogP) is 2.02. The maximum atomic E-state index is 12.3. The lowest BCUT2D eigenvalue weighted by Gasteiger charge is -2.21. The number of hydrogen-bond donors (Lipinski definition) is 1. The van der Waals surface area contributed by atoms with Crippen molar-refractivity contribution in [1.29, 1.82) is 0 Å². The van der Waals surface area contributed by atoms with Crippen molar-refractivity contribution in [3.05, 3.63) is 21.9 Å². The number of aliphatic carboxylic acids is 1. The molecule has 98 valence electrons. The highest BCUT2D eigenvalue weighted by atomic mass is 35.5. The van der Waals surface area contributed by atoms with Crippen LogP contribution in [-0.4, -0.2) is 39.0 Å². The summed E-state index contributed by atoms with van der Waals surface area (Å²) in [6.45, 7) is 0.441. The van der Waals surface area contributed by atoms with E-state index in [9.17, 15) is 9.59 Å². The van der Waals surface area contributed by atoms with Crippen molar-refractivity contribution in [1.82, 2.24) is 9.47 Å². The molecule has 2 rings (SSSR count). The van der Waals surface area contributed by atoms with Crippen LogP contribution in [0.2, 0.25) is 10.2 Å². The number of carbonyl (C=O) groups is 2. The van der Waals surface area contributed by atoms with E-state index in [1.54, 1.807) is 7.05 Å². The van der Waals surface area contributed by atoms with Gasteiger partial charge in [0, 0.05) is 13.6 Å². The molecule has 1 amide bonds.